The number of carbonyl (C=O) groups is 2. The average molecular weight is 338 g/mol. The zero-order valence-corrected chi connectivity index (χ0v) is 13.1. The Hall–Kier alpha value is -2.35. The van der Waals surface area contributed by atoms with E-state index in [9.17, 15) is 9.59 Å². The Morgan fingerprint density at radius 2 is 2.17 bits per heavy atom. The maximum absolute atomic E-state index is 12.3. The number of fused-ring (bicyclic) bond motifs is 1. The highest BCUT2D eigenvalue weighted by Gasteiger charge is 2.22. The van der Waals surface area contributed by atoms with Gasteiger partial charge in [0.05, 0.1) is 42.1 Å². The van der Waals surface area contributed by atoms with Crippen LogP contribution in [0.2, 0.25) is 5.02 Å². The van der Waals surface area contributed by atoms with Gasteiger partial charge in [-0.05, 0) is 6.07 Å². The minimum absolute atomic E-state index is 0.0377. The zero-order valence-electron chi connectivity index (χ0n) is 12.4. The van der Waals surface area contributed by atoms with E-state index in [2.05, 4.69) is 10.2 Å². The molecule has 1 amide bonds. The fourth-order valence-corrected chi connectivity index (χ4v) is 2.72. The number of aliphatic carboxylic acids is 1. The summed E-state index contributed by atoms with van der Waals surface area (Å²) in [7, 11) is 0. The van der Waals surface area contributed by atoms with Gasteiger partial charge in [-0.1, -0.05) is 11.6 Å². The van der Waals surface area contributed by atoms with Gasteiger partial charge in [0.1, 0.15) is 6.54 Å². The van der Waals surface area contributed by atoms with Gasteiger partial charge in [0.25, 0.3) is 0 Å². The normalized spacial score (nSPS) is 13.9. The number of carboxylic acids is 1. The second-order valence-corrected chi connectivity index (χ2v) is 5.85. The third-order valence-electron chi connectivity index (χ3n) is 3.70. The lowest BCUT2D eigenvalue weighted by atomic mass is 10.2. The first kappa shape index (κ1) is 15.5. The monoisotopic (exact) mass is 337 g/mol. The minimum atomic E-state index is -0.842. The van der Waals surface area contributed by atoms with Gasteiger partial charge >= 0.3 is 5.97 Å². The summed E-state index contributed by atoms with van der Waals surface area (Å²) in [6.07, 6.45) is 3.56. The quantitative estimate of drug-likeness (QED) is 0.870. The van der Waals surface area contributed by atoms with Gasteiger partial charge in [-0.25, -0.2) is 0 Å². The van der Waals surface area contributed by atoms with Crippen molar-refractivity contribution >= 4 is 23.5 Å². The van der Waals surface area contributed by atoms with Crippen LogP contribution >= 0.6 is 11.6 Å². The highest BCUT2D eigenvalue weighted by atomic mass is 35.5. The van der Waals surface area contributed by atoms with Crippen LogP contribution in [0.4, 0.5) is 0 Å². The third kappa shape index (κ3) is 3.70. The van der Waals surface area contributed by atoms with Gasteiger partial charge in [0, 0.05) is 19.2 Å². The Balaban J connectivity index is 1.62. The molecule has 0 bridgehead atoms. The van der Waals surface area contributed by atoms with Crippen molar-refractivity contribution in [3.63, 3.8) is 0 Å². The minimum Gasteiger partial charge on any atom is -0.481 e. The SMILES string of the molecule is O=C(O)CCc1cc2n(n1)CCN(C(=O)Cn1cc(Cl)cn1)C2. The smallest absolute Gasteiger partial charge is 0.303 e. The predicted molar refractivity (Wildman–Crippen MR) is 80.8 cm³/mol. The third-order valence-corrected chi connectivity index (χ3v) is 3.89. The molecule has 0 radical (unpaired) electrons. The first-order chi connectivity index (χ1) is 11.0. The second kappa shape index (κ2) is 6.41. The Bertz CT molecular complexity index is 739. The first-order valence-corrected chi connectivity index (χ1v) is 7.62. The van der Waals surface area contributed by atoms with E-state index in [-0.39, 0.29) is 18.9 Å². The topological polar surface area (TPSA) is 93.3 Å². The molecule has 2 aromatic heterocycles. The molecule has 1 aliphatic heterocycles. The van der Waals surface area contributed by atoms with Crippen LogP contribution in [-0.4, -0.2) is 48.0 Å². The standard InChI is InChI=1S/C14H16ClN5O3/c15-10-6-16-19(7-10)9-13(21)18-3-4-20-12(8-18)5-11(17-20)1-2-14(22)23/h5-7H,1-4,8-9H2,(H,22,23). The van der Waals surface area contributed by atoms with Crippen molar-refractivity contribution in [2.45, 2.75) is 32.5 Å². The maximum Gasteiger partial charge on any atom is 0.303 e. The van der Waals surface area contributed by atoms with E-state index in [1.807, 2.05) is 10.7 Å². The van der Waals surface area contributed by atoms with Gasteiger partial charge in [-0.15, -0.1) is 0 Å². The molecule has 0 aromatic carbocycles. The predicted octanol–water partition coefficient (Wildman–Crippen LogP) is 0.793. The lowest BCUT2D eigenvalue weighted by Gasteiger charge is -2.27. The second-order valence-electron chi connectivity index (χ2n) is 5.42. The zero-order chi connectivity index (χ0) is 16.4. The molecule has 0 aliphatic carbocycles. The highest BCUT2D eigenvalue weighted by molar-refractivity contribution is 6.30. The first-order valence-electron chi connectivity index (χ1n) is 7.24. The Kier molecular flexibility index (Phi) is 4.33. The lowest BCUT2D eigenvalue weighted by molar-refractivity contribution is -0.137. The molecule has 0 saturated heterocycles. The molecule has 1 N–H and O–H groups in total. The summed E-state index contributed by atoms with van der Waals surface area (Å²) in [5.41, 5.74) is 1.67. The van der Waals surface area contributed by atoms with Crippen molar-refractivity contribution in [2.24, 2.45) is 0 Å². The van der Waals surface area contributed by atoms with Crippen molar-refractivity contribution in [2.75, 3.05) is 6.54 Å². The number of carboxylic acid groups (broad SMARTS) is 1. The molecule has 122 valence electrons. The van der Waals surface area contributed by atoms with Gasteiger partial charge < -0.3 is 10.0 Å². The molecular formula is C14H16ClN5O3. The van der Waals surface area contributed by atoms with Gasteiger partial charge in [-0.2, -0.15) is 10.2 Å². The Morgan fingerprint density at radius 1 is 1.35 bits per heavy atom. The molecule has 0 unspecified atom stereocenters. The number of hydrogen-bond acceptors (Lipinski definition) is 4. The van der Waals surface area contributed by atoms with Crippen LogP contribution in [0.3, 0.4) is 0 Å². The molecule has 23 heavy (non-hydrogen) atoms. The number of halogens is 1. The summed E-state index contributed by atoms with van der Waals surface area (Å²) in [4.78, 5) is 24.7. The Morgan fingerprint density at radius 3 is 2.87 bits per heavy atom. The summed E-state index contributed by atoms with van der Waals surface area (Å²) in [5.74, 6) is -0.880. The number of carbonyl (C=O) groups excluding carboxylic acids is 1. The van der Waals surface area contributed by atoms with Crippen molar-refractivity contribution in [3.8, 4) is 0 Å². The number of aromatic nitrogens is 4. The molecule has 0 fully saturated rings. The summed E-state index contributed by atoms with van der Waals surface area (Å²) < 4.78 is 3.35. The molecule has 2 aromatic rings. The summed E-state index contributed by atoms with van der Waals surface area (Å²) >= 11 is 5.79. The molecule has 1 aliphatic rings. The summed E-state index contributed by atoms with van der Waals surface area (Å²) in [6, 6.07) is 1.87. The van der Waals surface area contributed by atoms with Crippen LogP contribution < -0.4 is 0 Å². The van der Waals surface area contributed by atoms with Gasteiger partial charge in [0.2, 0.25) is 5.91 Å². The van der Waals surface area contributed by atoms with E-state index in [1.54, 1.807) is 11.1 Å². The molecule has 0 saturated carbocycles. The largest absolute Gasteiger partial charge is 0.481 e. The Labute approximate surface area is 137 Å². The average Bonchev–Trinajstić information content (AvgIpc) is 3.09. The van der Waals surface area contributed by atoms with E-state index >= 15 is 0 Å². The van der Waals surface area contributed by atoms with E-state index < -0.39 is 5.97 Å². The summed E-state index contributed by atoms with van der Waals surface area (Å²) in [6.45, 7) is 1.79. The van der Waals surface area contributed by atoms with Crippen LogP contribution in [0.15, 0.2) is 18.5 Å². The van der Waals surface area contributed by atoms with Crippen LogP contribution in [0.1, 0.15) is 17.8 Å². The number of amides is 1. The molecule has 3 rings (SSSR count). The van der Waals surface area contributed by atoms with Crippen LogP contribution in [-0.2, 0) is 35.6 Å². The number of aryl methyl sites for hydroxylation is 1. The van der Waals surface area contributed by atoms with Crippen molar-refractivity contribution < 1.29 is 14.7 Å². The van der Waals surface area contributed by atoms with Crippen molar-refractivity contribution in [1.82, 2.24) is 24.5 Å². The van der Waals surface area contributed by atoms with Crippen LogP contribution in [0.25, 0.3) is 0 Å². The number of rotatable bonds is 5. The fraction of sp³-hybridized carbons (Fsp3) is 0.429. The van der Waals surface area contributed by atoms with Gasteiger partial charge in [0.15, 0.2) is 0 Å². The van der Waals surface area contributed by atoms with Gasteiger partial charge in [-0.3, -0.25) is 19.0 Å². The van der Waals surface area contributed by atoms with Crippen molar-refractivity contribution in [1.29, 1.82) is 0 Å². The van der Waals surface area contributed by atoms with E-state index in [0.717, 1.165) is 11.4 Å². The molecule has 0 atom stereocenters. The van der Waals surface area contributed by atoms with Crippen LogP contribution in [0, 0.1) is 0 Å². The molecule has 9 heteroatoms. The maximum atomic E-state index is 12.3. The highest BCUT2D eigenvalue weighted by Crippen LogP contribution is 2.15. The fourth-order valence-electron chi connectivity index (χ4n) is 2.56. The number of hydrogen-bond donors (Lipinski definition) is 1. The van der Waals surface area contributed by atoms with E-state index in [1.165, 1.54) is 10.9 Å². The number of nitrogens with zero attached hydrogens (tertiary/aromatic N) is 5. The lowest BCUT2D eigenvalue weighted by Crippen LogP contribution is -2.40. The van der Waals surface area contributed by atoms with Crippen LogP contribution in [0.5, 0.6) is 0 Å². The van der Waals surface area contributed by atoms with Crippen molar-refractivity contribution in [3.05, 3.63) is 34.9 Å². The molecule has 3 heterocycles. The van der Waals surface area contributed by atoms with E-state index in [0.29, 0.717) is 31.1 Å². The summed E-state index contributed by atoms with van der Waals surface area (Å²) in [5, 5.41) is 17.6. The van der Waals surface area contributed by atoms with E-state index in [4.69, 9.17) is 16.7 Å². The molecule has 8 nitrogen and oxygen atoms in total. The molecular weight excluding hydrogens is 322 g/mol. The molecule has 0 spiro atoms.